The Balaban J connectivity index is 1.76. The van der Waals surface area contributed by atoms with Crippen molar-refractivity contribution in [3.05, 3.63) is 12.7 Å². The normalized spacial score (nSPS) is 27.3. The van der Waals surface area contributed by atoms with Gasteiger partial charge in [-0.2, -0.15) is 4.31 Å². The van der Waals surface area contributed by atoms with Gasteiger partial charge in [0, 0.05) is 0 Å². The number of nitrogen functional groups attached to an aromatic ring is 1. The van der Waals surface area contributed by atoms with Crippen LogP contribution in [0.3, 0.4) is 0 Å². The smallest absolute Gasteiger partial charge is 0.387 e. The van der Waals surface area contributed by atoms with Crippen molar-refractivity contribution >= 4 is 32.6 Å². The summed E-state index contributed by atoms with van der Waals surface area (Å²) in [5.41, 5.74) is 6.20. The van der Waals surface area contributed by atoms with Crippen LogP contribution in [0.25, 0.3) is 11.2 Å². The van der Waals surface area contributed by atoms with E-state index in [0.29, 0.717) is 0 Å². The molecule has 6 N–H and O–H groups in total. The SMILES string of the molecule is CCOP(=O)(OC[C@H]1O[C@@H](n2cnc3c(N)ncnc32)[C@H](O)[C@@H]1O)OP(=O)(O)O. The molecule has 0 aliphatic carbocycles. The molecule has 5 atom stereocenters. The zero-order chi connectivity index (χ0) is 21.4. The van der Waals surface area contributed by atoms with Crippen molar-refractivity contribution in [3.8, 4) is 0 Å². The van der Waals surface area contributed by atoms with E-state index in [2.05, 4.69) is 23.8 Å². The molecule has 0 amide bonds. The van der Waals surface area contributed by atoms with E-state index in [1.54, 1.807) is 0 Å². The number of aromatic nitrogens is 4. The van der Waals surface area contributed by atoms with Crippen LogP contribution < -0.4 is 5.73 Å². The third-order valence-corrected chi connectivity index (χ3v) is 6.58. The molecule has 1 unspecified atom stereocenters. The lowest BCUT2D eigenvalue weighted by atomic mass is 10.1. The fourth-order valence-electron chi connectivity index (χ4n) is 2.69. The Bertz CT molecular complexity index is 966. The summed E-state index contributed by atoms with van der Waals surface area (Å²) in [4.78, 5) is 29.6. The molecule has 1 aliphatic rings. The topological polar surface area (TPSA) is 222 Å². The maximum Gasteiger partial charge on any atom is 0.483 e. The van der Waals surface area contributed by atoms with Gasteiger partial charge < -0.3 is 30.5 Å². The summed E-state index contributed by atoms with van der Waals surface area (Å²) >= 11 is 0. The van der Waals surface area contributed by atoms with E-state index in [9.17, 15) is 19.3 Å². The summed E-state index contributed by atoms with van der Waals surface area (Å²) in [7, 11) is -9.85. The zero-order valence-electron chi connectivity index (χ0n) is 14.9. The Morgan fingerprint density at radius 2 is 1.93 bits per heavy atom. The Morgan fingerprint density at radius 1 is 1.21 bits per heavy atom. The summed E-state index contributed by atoms with van der Waals surface area (Å²) in [6.07, 6.45) is -2.92. The Kier molecular flexibility index (Phi) is 6.36. The van der Waals surface area contributed by atoms with E-state index in [-0.39, 0.29) is 23.6 Å². The molecule has 2 aromatic heterocycles. The molecule has 162 valence electrons. The first-order valence-corrected chi connectivity index (χ1v) is 11.1. The number of anilines is 1. The molecule has 0 bridgehead atoms. The maximum atomic E-state index is 12.3. The molecule has 1 saturated heterocycles. The number of aliphatic hydroxyl groups is 2. The van der Waals surface area contributed by atoms with Crippen LogP contribution in [-0.2, 0) is 27.2 Å². The van der Waals surface area contributed by atoms with Gasteiger partial charge in [0.25, 0.3) is 0 Å². The number of nitrogens with two attached hydrogens (primary N) is 1. The van der Waals surface area contributed by atoms with Gasteiger partial charge in [-0.15, -0.1) is 0 Å². The number of imidazole rings is 1. The van der Waals surface area contributed by atoms with Crippen molar-refractivity contribution in [3.63, 3.8) is 0 Å². The number of ether oxygens (including phenoxy) is 1. The Morgan fingerprint density at radius 3 is 2.59 bits per heavy atom. The minimum absolute atomic E-state index is 0.105. The minimum atomic E-state index is -5.19. The number of rotatable bonds is 8. The third-order valence-electron chi connectivity index (χ3n) is 3.89. The Labute approximate surface area is 163 Å². The first-order chi connectivity index (χ1) is 13.5. The molecule has 0 radical (unpaired) electrons. The molecule has 1 fully saturated rings. The molecule has 2 aromatic rings. The van der Waals surface area contributed by atoms with Crippen LogP contribution in [0.2, 0.25) is 0 Å². The standard InChI is InChI=1S/C12H19N5O10P2/c1-2-24-29(23,27-28(20,21)22)25-3-6-8(18)9(19)12(26-6)17-5-16-7-10(13)14-4-15-11(7)17/h4-6,8-9,12,18-19H,2-3H2,1H3,(H2,13,14,15)(H2,20,21,22)/t6-,8-,9-,12-,29?/m1/s1. The number of phosphoric acid groups is 2. The van der Waals surface area contributed by atoms with Gasteiger partial charge in [-0.25, -0.2) is 24.1 Å². The molecular formula is C12H19N5O10P2. The largest absolute Gasteiger partial charge is 0.483 e. The first-order valence-electron chi connectivity index (χ1n) is 8.15. The monoisotopic (exact) mass is 455 g/mol. The average Bonchev–Trinajstić information content (AvgIpc) is 3.15. The van der Waals surface area contributed by atoms with Crippen molar-refractivity contribution in [2.24, 2.45) is 0 Å². The van der Waals surface area contributed by atoms with Crippen molar-refractivity contribution in [1.82, 2.24) is 19.5 Å². The lowest BCUT2D eigenvalue weighted by Crippen LogP contribution is -2.33. The number of phosphoric ester groups is 1. The molecule has 15 nitrogen and oxygen atoms in total. The average molecular weight is 455 g/mol. The number of hydrogen-bond donors (Lipinski definition) is 5. The van der Waals surface area contributed by atoms with Crippen molar-refractivity contribution in [2.45, 2.75) is 31.5 Å². The molecular weight excluding hydrogens is 436 g/mol. The molecule has 0 spiro atoms. The van der Waals surface area contributed by atoms with Gasteiger partial charge in [0.05, 0.1) is 19.5 Å². The highest BCUT2D eigenvalue weighted by Crippen LogP contribution is 2.61. The van der Waals surface area contributed by atoms with Gasteiger partial charge in [-0.3, -0.25) is 13.6 Å². The van der Waals surface area contributed by atoms with Crippen molar-refractivity contribution in [2.75, 3.05) is 18.9 Å². The van der Waals surface area contributed by atoms with E-state index >= 15 is 0 Å². The number of hydrogen-bond acceptors (Lipinski definition) is 12. The molecule has 0 aromatic carbocycles. The second kappa shape index (κ2) is 8.32. The predicted octanol–water partition coefficient (Wildman–Crippen LogP) is -0.702. The predicted molar refractivity (Wildman–Crippen MR) is 94.0 cm³/mol. The second-order valence-electron chi connectivity index (χ2n) is 5.86. The van der Waals surface area contributed by atoms with E-state index in [1.807, 2.05) is 0 Å². The lowest BCUT2D eigenvalue weighted by Gasteiger charge is -2.20. The van der Waals surface area contributed by atoms with Crippen LogP contribution in [0.1, 0.15) is 13.2 Å². The van der Waals surface area contributed by atoms with Crippen LogP contribution in [-0.4, -0.2) is 71.0 Å². The summed E-state index contributed by atoms with van der Waals surface area (Å²) in [5, 5.41) is 20.6. The molecule has 3 rings (SSSR count). The van der Waals surface area contributed by atoms with Gasteiger partial charge >= 0.3 is 15.6 Å². The molecule has 3 heterocycles. The summed E-state index contributed by atoms with van der Waals surface area (Å²) < 4.78 is 43.8. The quantitative estimate of drug-likeness (QED) is 0.311. The zero-order valence-corrected chi connectivity index (χ0v) is 16.7. The summed E-state index contributed by atoms with van der Waals surface area (Å²) in [6, 6.07) is 0. The molecule has 29 heavy (non-hydrogen) atoms. The van der Waals surface area contributed by atoms with E-state index < -0.39 is 46.8 Å². The highest BCUT2D eigenvalue weighted by atomic mass is 31.3. The second-order valence-corrected chi connectivity index (χ2v) is 8.91. The van der Waals surface area contributed by atoms with Crippen LogP contribution in [0, 0.1) is 0 Å². The third kappa shape index (κ3) is 4.81. The highest BCUT2D eigenvalue weighted by Gasteiger charge is 2.46. The maximum absolute atomic E-state index is 12.3. The summed E-state index contributed by atoms with van der Waals surface area (Å²) in [6.45, 7) is 0.492. The first kappa shape index (κ1) is 22.2. The Hall–Kier alpha value is -1.51. The number of fused-ring (bicyclic) bond motifs is 1. The fourth-order valence-corrected chi connectivity index (χ4v) is 4.83. The van der Waals surface area contributed by atoms with Gasteiger partial charge in [0.1, 0.15) is 30.2 Å². The molecule has 0 saturated carbocycles. The van der Waals surface area contributed by atoms with E-state index in [1.165, 1.54) is 24.1 Å². The van der Waals surface area contributed by atoms with Crippen LogP contribution in [0.4, 0.5) is 5.82 Å². The highest BCUT2D eigenvalue weighted by molar-refractivity contribution is 7.61. The van der Waals surface area contributed by atoms with Crippen molar-refractivity contribution in [1.29, 1.82) is 0 Å². The number of aliphatic hydroxyl groups excluding tert-OH is 2. The number of nitrogens with zero attached hydrogens (tertiary/aromatic N) is 4. The fraction of sp³-hybridized carbons (Fsp3) is 0.583. The van der Waals surface area contributed by atoms with Gasteiger partial charge in [-0.05, 0) is 6.92 Å². The summed E-state index contributed by atoms with van der Waals surface area (Å²) in [5.74, 6) is 0.105. The van der Waals surface area contributed by atoms with Gasteiger partial charge in [0.15, 0.2) is 17.7 Å². The van der Waals surface area contributed by atoms with Gasteiger partial charge in [0.2, 0.25) is 0 Å². The van der Waals surface area contributed by atoms with E-state index in [4.69, 9.17) is 24.8 Å². The minimum Gasteiger partial charge on any atom is -0.387 e. The molecule has 1 aliphatic heterocycles. The van der Waals surface area contributed by atoms with Crippen LogP contribution >= 0.6 is 15.6 Å². The van der Waals surface area contributed by atoms with Crippen molar-refractivity contribution < 1.29 is 47.2 Å². The van der Waals surface area contributed by atoms with E-state index in [0.717, 1.165) is 0 Å². The molecule has 17 heteroatoms. The van der Waals surface area contributed by atoms with Crippen LogP contribution in [0.15, 0.2) is 12.7 Å². The van der Waals surface area contributed by atoms with Gasteiger partial charge in [-0.1, -0.05) is 0 Å². The lowest BCUT2D eigenvalue weighted by molar-refractivity contribution is -0.0512. The van der Waals surface area contributed by atoms with Crippen LogP contribution in [0.5, 0.6) is 0 Å².